The maximum Gasteiger partial charge on any atom is 0.242 e. The lowest BCUT2D eigenvalue weighted by molar-refractivity contribution is 0.578. The molecule has 10 heteroatoms. The fraction of sp³-hybridized carbons (Fsp3) is 0.222. The van der Waals surface area contributed by atoms with Gasteiger partial charge in [-0.3, -0.25) is 4.68 Å². The summed E-state index contributed by atoms with van der Waals surface area (Å²) < 4.78 is 27.7. The standard InChI is InChI=1S/C9H11ClN6O2S/c1-16-5-13-8(15-16)4-14-19(17,18)6-2-7(10)9(11)12-3-6/h2-3,5,14H,4H2,1H3,(H2,11,12). The summed E-state index contributed by atoms with van der Waals surface area (Å²) in [5.41, 5.74) is 5.42. The minimum Gasteiger partial charge on any atom is -0.382 e. The van der Waals surface area contributed by atoms with E-state index in [9.17, 15) is 8.42 Å². The van der Waals surface area contributed by atoms with E-state index in [1.54, 1.807) is 7.05 Å². The van der Waals surface area contributed by atoms with E-state index in [1.165, 1.54) is 17.1 Å². The van der Waals surface area contributed by atoms with Crippen LogP contribution in [0.25, 0.3) is 0 Å². The number of pyridine rings is 1. The van der Waals surface area contributed by atoms with Crippen LogP contribution in [0.4, 0.5) is 5.82 Å². The average molecular weight is 303 g/mol. The van der Waals surface area contributed by atoms with Gasteiger partial charge in [-0.25, -0.2) is 23.1 Å². The smallest absolute Gasteiger partial charge is 0.242 e. The first-order valence-corrected chi connectivity index (χ1v) is 7.00. The van der Waals surface area contributed by atoms with Crippen molar-refractivity contribution in [2.24, 2.45) is 7.05 Å². The molecule has 2 aromatic heterocycles. The van der Waals surface area contributed by atoms with Crippen molar-refractivity contribution in [2.45, 2.75) is 11.4 Å². The summed E-state index contributed by atoms with van der Waals surface area (Å²) in [5, 5.41) is 4.04. The lowest BCUT2D eigenvalue weighted by atomic mass is 10.5. The molecule has 102 valence electrons. The van der Waals surface area contributed by atoms with Crippen molar-refractivity contribution in [3.05, 3.63) is 29.4 Å². The first kappa shape index (κ1) is 13.7. The molecular formula is C9H11ClN6O2S. The van der Waals surface area contributed by atoms with Gasteiger partial charge in [0, 0.05) is 13.2 Å². The molecule has 0 aliphatic rings. The Morgan fingerprint density at radius 3 is 2.79 bits per heavy atom. The normalized spacial score (nSPS) is 11.7. The average Bonchev–Trinajstić information content (AvgIpc) is 2.76. The zero-order valence-electron chi connectivity index (χ0n) is 9.91. The first-order chi connectivity index (χ1) is 8.88. The van der Waals surface area contributed by atoms with Gasteiger partial charge >= 0.3 is 0 Å². The van der Waals surface area contributed by atoms with Crippen molar-refractivity contribution in [2.75, 3.05) is 5.73 Å². The molecular weight excluding hydrogens is 292 g/mol. The zero-order valence-corrected chi connectivity index (χ0v) is 11.5. The van der Waals surface area contributed by atoms with Gasteiger partial charge in [0.15, 0.2) is 5.82 Å². The predicted octanol–water partition coefficient (Wildman–Crippen LogP) is -0.0758. The van der Waals surface area contributed by atoms with Crippen LogP contribution in [0.2, 0.25) is 5.02 Å². The molecule has 0 aliphatic carbocycles. The summed E-state index contributed by atoms with van der Waals surface area (Å²) in [7, 11) is -2.04. The lowest BCUT2D eigenvalue weighted by Crippen LogP contribution is -2.24. The van der Waals surface area contributed by atoms with Gasteiger partial charge in [0.2, 0.25) is 10.0 Å². The van der Waals surface area contributed by atoms with Crippen molar-refractivity contribution in [1.29, 1.82) is 0 Å². The Kier molecular flexibility index (Phi) is 3.69. The van der Waals surface area contributed by atoms with Crippen LogP contribution in [0.1, 0.15) is 5.82 Å². The van der Waals surface area contributed by atoms with Crippen LogP contribution in [0.15, 0.2) is 23.5 Å². The first-order valence-electron chi connectivity index (χ1n) is 5.14. The molecule has 0 aliphatic heterocycles. The number of nitrogens with one attached hydrogen (secondary N) is 1. The molecule has 0 aromatic carbocycles. The number of aromatic nitrogens is 4. The third-order valence-corrected chi connectivity index (χ3v) is 3.89. The van der Waals surface area contributed by atoms with E-state index >= 15 is 0 Å². The molecule has 8 nitrogen and oxygen atoms in total. The summed E-state index contributed by atoms with van der Waals surface area (Å²) >= 11 is 5.73. The van der Waals surface area contributed by atoms with Gasteiger partial charge in [0.1, 0.15) is 17.0 Å². The predicted molar refractivity (Wildman–Crippen MR) is 68.7 cm³/mol. The molecule has 0 fully saturated rings. The molecule has 3 N–H and O–H groups in total. The van der Waals surface area contributed by atoms with Gasteiger partial charge in [-0.15, -0.1) is 0 Å². The third-order valence-electron chi connectivity index (χ3n) is 2.22. The van der Waals surface area contributed by atoms with E-state index < -0.39 is 10.0 Å². The van der Waals surface area contributed by atoms with Crippen LogP contribution < -0.4 is 10.5 Å². The number of nitrogens with two attached hydrogens (primary N) is 1. The Balaban J connectivity index is 2.16. The Bertz CT molecular complexity index is 698. The molecule has 19 heavy (non-hydrogen) atoms. The van der Waals surface area contributed by atoms with Crippen molar-refractivity contribution in [3.8, 4) is 0 Å². The van der Waals surface area contributed by atoms with Gasteiger partial charge in [-0.2, -0.15) is 5.10 Å². The number of hydrogen-bond acceptors (Lipinski definition) is 6. The maximum atomic E-state index is 12.0. The number of hydrogen-bond donors (Lipinski definition) is 2. The number of anilines is 1. The highest BCUT2D eigenvalue weighted by Crippen LogP contribution is 2.19. The van der Waals surface area contributed by atoms with Crippen molar-refractivity contribution >= 4 is 27.4 Å². The largest absolute Gasteiger partial charge is 0.382 e. The van der Waals surface area contributed by atoms with Crippen LogP contribution >= 0.6 is 11.6 Å². The number of sulfonamides is 1. The quantitative estimate of drug-likeness (QED) is 0.816. The van der Waals surface area contributed by atoms with E-state index in [0.717, 1.165) is 6.20 Å². The summed E-state index contributed by atoms with van der Waals surface area (Å²) in [6.07, 6.45) is 2.61. The van der Waals surface area contributed by atoms with Gasteiger partial charge in [-0.05, 0) is 6.07 Å². The summed E-state index contributed by atoms with van der Waals surface area (Å²) in [6.45, 7) is -0.0226. The van der Waals surface area contributed by atoms with E-state index in [2.05, 4.69) is 19.8 Å². The fourth-order valence-corrected chi connectivity index (χ4v) is 2.47. The fourth-order valence-electron chi connectivity index (χ4n) is 1.29. The second-order valence-electron chi connectivity index (χ2n) is 3.70. The number of rotatable bonds is 4. The maximum absolute atomic E-state index is 12.0. The molecule has 2 rings (SSSR count). The number of nitrogens with zero attached hydrogens (tertiary/aromatic N) is 4. The van der Waals surface area contributed by atoms with Gasteiger partial charge in [-0.1, -0.05) is 11.6 Å². The van der Waals surface area contributed by atoms with E-state index in [-0.39, 0.29) is 22.3 Å². The van der Waals surface area contributed by atoms with Crippen molar-refractivity contribution in [3.63, 3.8) is 0 Å². The minimum absolute atomic E-state index is 0.0226. The van der Waals surface area contributed by atoms with Gasteiger partial charge in [0.05, 0.1) is 11.6 Å². The number of halogens is 1. The SMILES string of the molecule is Cn1cnc(CNS(=O)(=O)c2cnc(N)c(Cl)c2)n1. The molecule has 0 radical (unpaired) electrons. The Morgan fingerprint density at radius 1 is 1.47 bits per heavy atom. The summed E-state index contributed by atoms with van der Waals surface area (Å²) in [5.74, 6) is 0.438. The highest BCUT2D eigenvalue weighted by Gasteiger charge is 2.16. The van der Waals surface area contributed by atoms with E-state index in [4.69, 9.17) is 17.3 Å². The van der Waals surface area contributed by atoms with Crippen LogP contribution in [-0.2, 0) is 23.6 Å². The molecule has 0 bridgehead atoms. The highest BCUT2D eigenvalue weighted by molar-refractivity contribution is 7.89. The highest BCUT2D eigenvalue weighted by atomic mass is 35.5. The summed E-state index contributed by atoms with van der Waals surface area (Å²) in [6, 6.07) is 1.23. The molecule has 0 spiro atoms. The van der Waals surface area contributed by atoms with Gasteiger partial charge in [0.25, 0.3) is 0 Å². The molecule has 0 saturated heterocycles. The lowest BCUT2D eigenvalue weighted by Gasteiger charge is -2.05. The van der Waals surface area contributed by atoms with E-state index in [0.29, 0.717) is 5.82 Å². The molecule has 0 atom stereocenters. The molecule has 0 saturated carbocycles. The van der Waals surface area contributed by atoms with Gasteiger partial charge < -0.3 is 5.73 Å². The number of aryl methyl sites for hydroxylation is 1. The Labute approximate surface area is 114 Å². The Hall–Kier alpha value is -1.71. The van der Waals surface area contributed by atoms with Crippen molar-refractivity contribution in [1.82, 2.24) is 24.5 Å². The van der Waals surface area contributed by atoms with Crippen LogP contribution in [0, 0.1) is 0 Å². The molecule has 0 amide bonds. The van der Waals surface area contributed by atoms with Crippen molar-refractivity contribution < 1.29 is 8.42 Å². The Morgan fingerprint density at radius 2 is 2.21 bits per heavy atom. The van der Waals surface area contributed by atoms with Crippen LogP contribution in [0.5, 0.6) is 0 Å². The summed E-state index contributed by atoms with van der Waals surface area (Å²) in [4.78, 5) is 7.54. The van der Waals surface area contributed by atoms with E-state index in [1.807, 2.05) is 0 Å². The van der Waals surface area contributed by atoms with Crippen LogP contribution in [0.3, 0.4) is 0 Å². The number of nitrogen functional groups attached to an aromatic ring is 1. The second-order valence-corrected chi connectivity index (χ2v) is 5.87. The third kappa shape index (κ3) is 3.19. The monoisotopic (exact) mass is 302 g/mol. The molecule has 0 unspecified atom stereocenters. The second kappa shape index (κ2) is 5.11. The zero-order chi connectivity index (χ0) is 14.0. The minimum atomic E-state index is -3.73. The molecule has 2 aromatic rings. The van der Waals surface area contributed by atoms with Crippen LogP contribution in [-0.4, -0.2) is 28.2 Å². The molecule has 2 heterocycles. The topological polar surface area (TPSA) is 116 Å².